The molecule has 1 amide bonds. The molecule has 1 saturated heterocycles. The Hall–Kier alpha value is -1.91. The molecule has 5 nitrogen and oxygen atoms in total. The van der Waals surface area contributed by atoms with Crippen LogP contribution < -0.4 is 5.32 Å². The van der Waals surface area contributed by atoms with Gasteiger partial charge in [-0.3, -0.25) is 14.9 Å². The van der Waals surface area contributed by atoms with Gasteiger partial charge in [-0.05, 0) is 6.42 Å². The van der Waals surface area contributed by atoms with Crippen molar-refractivity contribution in [1.82, 2.24) is 5.32 Å². The van der Waals surface area contributed by atoms with E-state index in [1.54, 1.807) is 18.2 Å². The molecule has 1 fully saturated rings. The van der Waals surface area contributed by atoms with Crippen LogP contribution in [-0.2, 0) is 4.79 Å². The third-order valence-corrected chi connectivity index (χ3v) is 1.87. The van der Waals surface area contributed by atoms with Crippen molar-refractivity contribution in [3.8, 4) is 0 Å². The Labute approximate surface area is 87.3 Å². The molecule has 0 saturated carbocycles. The summed E-state index contributed by atoms with van der Waals surface area (Å²) in [5.41, 5.74) is 0.137. The molecule has 0 unspecified atom stereocenters. The fourth-order valence-corrected chi connectivity index (χ4v) is 1.11. The van der Waals surface area contributed by atoms with E-state index in [-0.39, 0.29) is 11.6 Å². The second kappa shape index (κ2) is 5.74. The van der Waals surface area contributed by atoms with Crippen molar-refractivity contribution in [3.05, 3.63) is 40.4 Å². The zero-order valence-corrected chi connectivity index (χ0v) is 8.18. The molecule has 0 bridgehead atoms. The smallest absolute Gasteiger partial charge is 0.269 e. The first-order chi connectivity index (χ1) is 7.20. The second-order valence-corrected chi connectivity index (χ2v) is 3.05. The fourth-order valence-electron chi connectivity index (χ4n) is 1.11. The molecule has 1 N–H and O–H groups in total. The van der Waals surface area contributed by atoms with Gasteiger partial charge in [0.1, 0.15) is 0 Å². The van der Waals surface area contributed by atoms with Crippen molar-refractivity contribution < 1.29 is 9.72 Å². The van der Waals surface area contributed by atoms with E-state index in [1.165, 1.54) is 12.1 Å². The molecular weight excluding hydrogens is 196 g/mol. The molecule has 15 heavy (non-hydrogen) atoms. The summed E-state index contributed by atoms with van der Waals surface area (Å²) in [5.74, 6) is 0.204. The topological polar surface area (TPSA) is 72.2 Å². The Morgan fingerprint density at radius 3 is 2.20 bits per heavy atom. The molecule has 0 aromatic heterocycles. The number of rotatable bonds is 1. The number of nitrogens with zero attached hydrogens (tertiary/aromatic N) is 1. The number of nitro groups is 1. The molecule has 0 spiro atoms. The van der Waals surface area contributed by atoms with Crippen LogP contribution in [0.15, 0.2) is 30.3 Å². The van der Waals surface area contributed by atoms with E-state index >= 15 is 0 Å². The van der Waals surface area contributed by atoms with Gasteiger partial charge in [0.15, 0.2) is 0 Å². The Bertz CT molecular complexity index is 330. The number of benzene rings is 1. The monoisotopic (exact) mass is 208 g/mol. The third kappa shape index (κ3) is 4.21. The molecule has 1 aliphatic rings. The van der Waals surface area contributed by atoms with Gasteiger partial charge >= 0.3 is 0 Å². The van der Waals surface area contributed by atoms with Crippen LogP contribution in [0.4, 0.5) is 5.69 Å². The third-order valence-electron chi connectivity index (χ3n) is 1.87. The Balaban J connectivity index is 0.000000162. The number of amides is 1. The molecule has 5 heteroatoms. The van der Waals surface area contributed by atoms with Crippen molar-refractivity contribution in [3.63, 3.8) is 0 Å². The van der Waals surface area contributed by atoms with E-state index in [1.807, 2.05) is 0 Å². The quantitative estimate of drug-likeness (QED) is 0.561. The van der Waals surface area contributed by atoms with Crippen LogP contribution in [0.3, 0.4) is 0 Å². The van der Waals surface area contributed by atoms with Crippen LogP contribution in [0.1, 0.15) is 12.8 Å². The molecular formula is C10H12N2O3. The molecule has 0 radical (unpaired) electrons. The zero-order chi connectivity index (χ0) is 11.1. The molecule has 80 valence electrons. The zero-order valence-electron chi connectivity index (χ0n) is 8.18. The first-order valence-electron chi connectivity index (χ1n) is 4.66. The van der Waals surface area contributed by atoms with Gasteiger partial charge in [0.2, 0.25) is 5.91 Å². The summed E-state index contributed by atoms with van der Waals surface area (Å²) >= 11 is 0. The molecule has 2 rings (SSSR count). The number of carbonyl (C=O) groups is 1. The van der Waals surface area contributed by atoms with Gasteiger partial charge in [-0.15, -0.1) is 0 Å². The van der Waals surface area contributed by atoms with Gasteiger partial charge in [-0.2, -0.15) is 0 Å². The molecule has 1 heterocycles. The largest absolute Gasteiger partial charge is 0.356 e. The van der Waals surface area contributed by atoms with E-state index in [4.69, 9.17) is 0 Å². The molecule has 0 atom stereocenters. The van der Waals surface area contributed by atoms with Crippen molar-refractivity contribution >= 4 is 11.6 Å². The fraction of sp³-hybridized carbons (Fsp3) is 0.300. The van der Waals surface area contributed by atoms with Crippen molar-refractivity contribution in [1.29, 1.82) is 0 Å². The standard InChI is InChI=1S/C6H5NO2.C4H7NO/c8-7(9)6-4-2-1-3-5-6;6-4-2-1-3-5-4/h1-5H;1-3H2,(H,5,6). The first kappa shape index (κ1) is 11.2. The lowest BCUT2D eigenvalue weighted by Gasteiger charge is -1.85. The van der Waals surface area contributed by atoms with Crippen LogP contribution in [0, 0.1) is 10.1 Å². The van der Waals surface area contributed by atoms with Crippen LogP contribution in [0.25, 0.3) is 0 Å². The minimum absolute atomic E-state index is 0.137. The predicted molar refractivity (Wildman–Crippen MR) is 55.3 cm³/mol. The van der Waals surface area contributed by atoms with E-state index < -0.39 is 4.92 Å². The molecule has 1 aliphatic heterocycles. The Morgan fingerprint density at radius 2 is 1.93 bits per heavy atom. The number of hydrogen-bond acceptors (Lipinski definition) is 3. The number of non-ortho nitro benzene ring substituents is 1. The highest BCUT2D eigenvalue weighted by atomic mass is 16.6. The normalized spacial score (nSPS) is 13.7. The number of carbonyl (C=O) groups excluding carboxylic acids is 1. The summed E-state index contributed by atoms with van der Waals surface area (Å²) in [6, 6.07) is 7.93. The van der Waals surface area contributed by atoms with Crippen molar-refractivity contribution in [2.24, 2.45) is 0 Å². The average molecular weight is 208 g/mol. The van der Waals surface area contributed by atoms with Crippen molar-refractivity contribution in [2.45, 2.75) is 12.8 Å². The Morgan fingerprint density at radius 1 is 1.27 bits per heavy atom. The highest BCUT2D eigenvalue weighted by molar-refractivity contribution is 5.77. The highest BCUT2D eigenvalue weighted by Gasteiger charge is 2.05. The minimum atomic E-state index is -0.417. The summed E-state index contributed by atoms with van der Waals surface area (Å²) in [7, 11) is 0. The maximum absolute atomic E-state index is 10.1. The second-order valence-electron chi connectivity index (χ2n) is 3.05. The summed E-state index contributed by atoms with van der Waals surface area (Å²) < 4.78 is 0. The van der Waals surface area contributed by atoms with Crippen LogP contribution in [0.5, 0.6) is 0 Å². The van der Waals surface area contributed by atoms with E-state index in [0.717, 1.165) is 19.4 Å². The van der Waals surface area contributed by atoms with Gasteiger partial charge in [0.25, 0.3) is 5.69 Å². The maximum Gasteiger partial charge on any atom is 0.269 e. The van der Waals surface area contributed by atoms with Crippen LogP contribution in [0.2, 0.25) is 0 Å². The van der Waals surface area contributed by atoms with Gasteiger partial charge in [-0.1, -0.05) is 18.2 Å². The van der Waals surface area contributed by atoms with Gasteiger partial charge in [0.05, 0.1) is 4.92 Å². The lowest BCUT2D eigenvalue weighted by Crippen LogP contribution is -2.12. The summed E-state index contributed by atoms with van der Waals surface area (Å²) in [4.78, 5) is 19.7. The highest BCUT2D eigenvalue weighted by Crippen LogP contribution is 2.06. The SMILES string of the molecule is O=C1CCCN1.O=[N+]([O-])c1ccccc1. The summed E-state index contributed by atoms with van der Waals surface area (Å²) in [6.07, 6.45) is 1.76. The molecule has 1 aromatic carbocycles. The number of para-hydroxylation sites is 1. The lowest BCUT2D eigenvalue weighted by molar-refractivity contribution is -0.384. The van der Waals surface area contributed by atoms with Crippen LogP contribution >= 0.6 is 0 Å². The average Bonchev–Trinajstić information content (AvgIpc) is 2.71. The number of nitrogens with one attached hydrogen (secondary N) is 1. The summed E-state index contributed by atoms with van der Waals surface area (Å²) in [6.45, 7) is 0.888. The van der Waals surface area contributed by atoms with E-state index in [9.17, 15) is 14.9 Å². The van der Waals surface area contributed by atoms with Crippen LogP contribution in [-0.4, -0.2) is 17.4 Å². The molecule has 1 aromatic rings. The predicted octanol–water partition coefficient (Wildman–Crippen LogP) is 1.49. The minimum Gasteiger partial charge on any atom is -0.356 e. The van der Waals surface area contributed by atoms with E-state index in [2.05, 4.69) is 5.32 Å². The number of hydrogen-bond donors (Lipinski definition) is 1. The van der Waals surface area contributed by atoms with E-state index in [0.29, 0.717) is 0 Å². The van der Waals surface area contributed by atoms with Gasteiger partial charge in [0, 0.05) is 25.1 Å². The van der Waals surface area contributed by atoms with Gasteiger partial charge < -0.3 is 5.32 Å². The lowest BCUT2D eigenvalue weighted by atomic mass is 10.3. The first-order valence-corrected chi connectivity index (χ1v) is 4.66. The van der Waals surface area contributed by atoms with Gasteiger partial charge in [-0.25, -0.2) is 0 Å². The maximum atomic E-state index is 10.1. The van der Waals surface area contributed by atoms with Crippen molar-refractivity contribution in [2.75, 3.05) is 6.54 Å². The Kier molecular flexibility index (Phi) is 4.28. The summed E-state index contributed by atoms with van der Waals surface area (Å²) in [5, 5.41) is 12.7. The number of nitro benzene ring substituents is 1. The molecule has 0 aliphatic carbocycles.